The molecule has 0 aromatic rings. The number of amides is 6. The molecule has 2 fully saturated rings. The molecule has 1 heterocycles. The lowest BCUT2D eigenvalue weighted by molar-refractivity contribution is -0.146. The molecular weight excluding hydrogens is 1890 g/mol. The Kier molecular flexibility index (Phi) is 115. The highest BCUT2D eigenvalue weighted by Gasteiger charge is 2.34. The van der Waals surface area contributed by atoms with E-state index in [2.05, 4.69) is 234 Å². The van der Waals surface area contributed by atoms with E-state index < -0.39 is 53.7 Å². The first kappa shape index (κ1) is 181. The number of carboxylic acids is 5. The third-order valence-corrected chi connectivity index (χ3v) is 21.9. The highest BCUT2D eigenvalue weighted by Crippen LogP contribution is 2.41. The Balaban J connectivity index is -0.0000000845. The number of rotatable bonds is 36. The van der Waals surface area contributed by atoms with Crippen LogP contribution in [0.4, 0.5) is 4.79 Å². The first-order valence-electron chi connectivity index (χ1n) is 52.5. The van der Waals surface area contributed by atoms with Crippen LogP contribution in [0.3, 0.4) is 0 Å². The highest BCUT2D eigenvalue weighted by molar-refractivity contribution is 6.34. The summed E-state index contributed by atoms with van der Waals surface area (Å²) in [6, 6.07) is -1.11. The maximum absolute atomic E-state index is 10.9. The number of hydrogen-bond donors (Lipinski definition) is 16. The summed E-state index contributed by atoms with van der Waals surface area (Å²) in [5.41, 5.74) is 34.7. The van der Waals surface area contributed by atoms with Crippen molar-refractivity contribution in [3.63, 3.8) is 0 Å². The number of hydrogen-bond acceptors (Lipinski definition) is 20. The van der Waals surface area contributed by atoms with E-state index in [9.17, 15) is 53.1 Å². The molecule has 2 unspecified atom stereocenters. The molecule has 0 saturated heterocycles. The molecule has 2 aliphatic carbocycles. The molecule has 22 N–H and O–H groups in total. The fourth-order valence-electron chi connectivity index (χ4n) is 13.2. The summed E-state index contributed by atoms with van der Waals surface area (Å²) in [6.07, 6.45) is 29.3. The van der Waals surface area contributed by atoms with Gasteiger partial charge in [-0.1, -0.05) is 341 Å². The van der Waals surface area contributed by atoms with Gasteiger partial charge in [-0.25, -0.2) is 4.79 Å². The highest BCUT2D eigenvalue weighted by atomic mass is 16.5. The summed E-state index contributed by atoms with van der Waals surface area (Å²) in [7, 11) is 0. The Hall–Kier alpha value is -6.51. The van der Waals surface area contributed by atoms with Gasteiger partial charge < -0.3 is 95.4 Å². The summed E-state index contributed by atoms with van der Waals surface area (Å²) in [6.45, 7) is 88.6. The monoisotopic (exact) mass is 2150 g/mol. The van der Waals surface area contributed by atoms with Crippen LogP contribution in [-0.4, -0.2) is 184 Å². The maximum Gasteiger partial charge on any atom is 0.320 e. The third-order valence-electron chi connectivity index (χ3n) is 21.9. The number of aliphatic hydroxyl groups excluding tert-OH is 3. The average molecular weight is 2150 g/mol. The normalized spacial score (nSPS) is 15.1. The molecule has 6 amide bonds. The van der Waals surface area contributed by atoms with Crippen molar-refractivity contribution in [2.75, 3.05) is 65.8 Å². The number of nitrogens with two attached hydrogens (primary N) is 6. The quantitative estimate of drug-likeness (QED) is 0.0205. The summed E-state index contributed by atoms with van der Waals surface area (Å²) in [5, 5.41) is 85.3. The predicted octanol–water partition coefficient (Wildman–Crippen LogP) is 28.0. The van der Waals surface area contributed by atoms with Crippen molar-refractivity contribution < 1.29 is 98.3 Å². The number of carboxylic acid groups (broad SMARTS) is 5. The molecule has 904 valence electrons. The van der Waals surface area contributed by atoms with Crippen LogP contribution in [0.25, 0.3) is 0 Å². The van der Waals surface area contributed by atoms with E-state index in [1.165, 1.54) is 25.7 Å². The Bertz CT molecular complexity index is 3260. The minimum Gasteiger partial charge on any atom is -0.481 e. The van der Waals surface area contributed by atoms with E-state index in [-0.39, 0.29) is 123 Å². The molecule has 3 aliphatic rings. The zero-order valence-corrected chi connectivity index (χ0v) is 98.4. The third kappa shape index (κ3) is 167. The Morgan fingerprint density at radius 3 is 1.01 bits per heavy atom. The fourth-order valence-corrected chi connectivity index (χ4v) is 13.2. The van der Waals surface area contributed by atoms with Crippen LogP contribution in [0.1, 0.15) is 527 Å². The van der Waals surface area contributed by atoms with Crippen LogP contribution in [0.15, 0.2) is 15.4 Å². The van der Waals surface area contributed by atoms with Crippen molar-refractivity contribution >= 4 is 65.2 Å². The molecule has 2 saturated carbocycles. The second kappa shape index (κ2) is 95.0. The van der Waals surface area contributed by atoms with E-state index in [4.69, 9.17) is 79.6 Å². The molecular formula is C118H257N11O20. The largest absolute Gasteiger partial charge is 0.481 e. The van der Waals surface area contributed by atoms with Crippen LogP contribution in [-0.2, 0) is 52.6 Å². The Morgan fingerprint density at radius 2 is 0.738 bits per heavy atom. The first-order valence-corrected chi connectivity index (χ1v) is 52.5. The molecule has 0 aromatic heterocycles. The van der Waals surface area contributed by atoms with Crippen molar-refractivity contribution in [2.24, 2.45) is 144 Å². The predicted molar refractivity (Wildman–Crippen MR) is 634 cm³/mol. The van der Waals surface area contributed by atoms with Crippen molar-refractivity contribution in [1.82, 2.24) is 10.6 Å². The number of carbonyl (C=O) groups excluding carboxylic acids is 5. The molecule has 149 heavy (non-hydrogen) atoms. The van der Waals surface area contributed by atoms with Crippen LogP contribution in [0.5, 0.6) is 0 Å². The zero-order chi connectivity index (χ0) is 114. The van der Waals surface area contributed by atoms with Gasteiger partial charge in [-0.15, -0.1) is 5.10 Å². The SMILES string of the molecule is C.C.C.C.C.C.C.CC(C)(C)C(CCCCN)C(=O)O.CC(C)(C)C1CCC(C(=O)O)CC1.CC(C)(C)C1CCC(O)CC1.CC(C)(C)CC(=O)O.CC(C)(C)CC(N)=O.CC(C)(C)CCCC(N)=O.CC(C)(C)CCCC1=NN=NC1.CC(C)(C)CCCCC(N)C(=O)O.CC(C)(C)CCCNC(=O)C(N)=O.CC(C)(C)CCCNC(N)=O.CC(C)(C)CCCO.CC(C)(C)CCO.CC(C)(C)CCOCCOCCC(=O)O. The summed E-state index contributed by atoms with van der Waals surface area (Å²) >= 11 is 0. The zero-order valence-electron chi connectivity index (χ0n) is 98.4. The first-order chi connectivity index (χ1) is 63.7. The molecule has 31 heteroatoms. The number of nitrogens with zero attached hydrogens (tertiary/aromatic N) is 3. The lowest BCUT2D eigenvalue weighted by Gasteiger charge is -2.35. The molecule has 1 aliphatic heterocycles. The Labute approximate surface area is 918 Å². The van der Waals surface area contributed by atoms with Gasteiger partial charge in [0.25, 0.3) is 0 Å². The van der Waals surface area contributed by atoms with Crippen molar-refractivity contribution in [1.29, 1.82) is 0 Å². The van der Waals surface area contributed by atoms with E-state index in [0.717, 1.165) is 172 Å². The number of nitrogens with one attached hydrogen (secondary N) is 2. The smallest absolute Gasteiger partial charge is 0.320 e. The molecule has 31 nitrogen and oxygen atoms in total. The van der Waals surface area contributed by atoms with Gasteiger partial charge in [0, 0.05) is 45.8 Å². The number of primary amides is 4. The van der Waals surface area contributed by atoms with Crippen LogP contribution < -0.4 is 45.0 Å². The number of aliphatic hydroxyl groups is 3. The van der Waals surface area contributed by atoms with Gasteiger partial charge >= 0.3 is 47.7 Å². The Morgan fingerprint density at radius 1 is 0.376 bits per heavy atom. The summed E-state index contributed by atoms with van der Waals surface area (Å²) in [5.74, 6) is -4.56. The maximum atomic E-state index is 10.9. The van der Waals surface area contributed by atoms with Crippen molar-refractivity contribution in [2.45, 2.75) is 540 Å². The van der Waals surface area contributed by atoms with E-state index in [1.54, 1.807) is 0 Å². The van der Waals surface area contributed by atoms with Gasteiger partial charge in [-0.3, -0.25) is 43.2 Å². The number of ether oxygens (including phenoxy) is 2. The van der Waals surface area contributed by atoms with Crippen LogP contribution in [0.2, 0.25) is 0 Å². The van der Waals surface area contributed by atoms with Gasteiger partial charge in [0.1, 0.15) is 12.6 Å². The van der Waals surface area contributed by atoms with Gasteiger partial charge in [0.15, 0.2) is 0 Å². The average Bonchev–Trinajstić information content (AvgIpc) is 1.09. The van der Waals surface area contributed by atoms with Crippen LogP contribution >= 0.6 is 0 Å². The van der Waals surface area contributed by atoms with Gasteiger partial charge in [0.2, 0.25) is 11.8 Å². The van der Waals surface area contributed by atoms with E-state index in [0.29, 0.717) is 120 Å². The van der Waals surface area contributed by atoms with Crippen LogP contribution in [0, 0.1) is 94.1 Å². The van der Waals surface area contributed by atoms with Gasteiger partial charge in [-0.2, -0.15) is 5.11 Å². The summed E-state index contributed by atoms with van der Waals surface area (Å²) in [4.78, 5) is 104. The fraction of sp³-hybridized carbons (Fsp3) is 0.907. The van der Waals surface area contributed by atoms with Crippen molar-refractivity contribution in [3.8, 4) is 0 Å². The second-order valence-corrected chi connectivity index (χ2v) is 53.4. The minimum atomic E-state index is -0.921. The lowest BCUT2D eigenvalue weighted by Crippen LogP contribution is -2.36. The number of aliphatic carboxylic acids is 5. The van der Waals surface area contributed by atoms with E-state index >= 15 is 0 Å². The molecule has 0 radical (unpaired) electrons. The minimum absolute atomic E-state index is 0. The topological polar surface area (TPSA) is 568 Å². The molecule has 3 rings (SSSR count). The van der Waals surface area contributed by atoms with Gasteiger partial charge in [-0.05, 0) is 255 Å². The van der Waals surface area contributed by atoms with Crippen molar-refractivity contribution in [3.05, 3.63) is 0 Å². The number of unbranched alkanes of at least 4 members (excludes halogenated alkanes) is 2. The number of urea groups is 1. The molecule has 0 bridgehead atoms. The van der Waals surface area contributed by atoms with E-state index in [1.807, 2.05) is 62.3 Å². The molecule has 0 spiro atoms. The van der Waals surface area contributed by atoms with Gasteiger partial charge in [0.05, 0.1) is 56.3 Å². The molecule has 2 atom stereocenters. The summed E-state index contributed by atoms with van der Waals surface area (Å²) < 4.78 is 10.4. The number of carbonyl (C=O) groups is 10. The lowest BCUT2D eigenvalue weighted by atomic mass is 9.70. The standard InChI is InChI=1S/C11H22O4.C11H20O2.2C10H21NO2.C10H20O.C9H17N3.C9H18N2O2.C8H18N2O.C8H17NO.C7H16O.C6H13NO.C6H12O2.C6H14O.7CH4/c1-11(2,3)5-7-15-9-8-14-6-4-10(12)13;1-11(2,3)9-6-4-8(5-7-9)10(12)13;1-10(2,3)8(9(12)13)6-4-5-7-11;1-10(2,3)7-5-4-6-8(11)9(12)13;1-10(2,3)8-4-6-9(11)7-5-8;1-9(2,3)6-4-5-8-7-10-12-11-8;1-9(2,3)5-4-6-11-8(13)7(10)12;1-8(2,3)5-4-6-10-7(9)11;1-8(2,3)6-4-5-7(9)10;1-7(2,3)5-4-6-8;2*1-6(2,3)4-5(7)8;1-6(2,3)4-5-7;;;;;;;/h4-9H2,1-3H3,(H,12,13);8-9H,4-7H2,1-3H3,(H,12,13);2*8H,4-7,11H2,1-3H3,(H,12,13);8-9,11H,4-7H2,1-3H3;4-7H2,1-3H3;4-6H2,1-3H3,(H2,10,12)(H,11,13);4-6H2,1-3H3,(H3,9,10,11);4-6H2,1-3H3,(H2,9,10);8H,4-6H2,1-3H3;4H2,1-3H3,(H2,7,8);4H2,1-3H3,(H,7,8);7H,4-5H2,1-3H3;7*1H4. The second-order valence-electron chi connectivity index (χ2n) is 53.4. The molecule has 0 aromatic carbocycles.